The molecule has 0 bridgehead atoms. The van der Waals surface area contributed by atoms with E-state index in [0.717, 1.165) is 17.5 Å². The monoisotopic (exact) mass is 432 g/mol. The maximum atomic E-state index is 13.7. The second-order valence-corrected chi connectivity index (χ2v) is 7.84. The minimum absolute atomic E-state index is 0.0217. The van der Waals surface area contributed by atoms with Crippen LogP contribution < -0.4 is 5.32 Å². The molecule has 10 heteroatoms. The number of alkyl halides is 3. The Balaban J connectivity index is 1.69. The molecule has 1 fully saturated rings. The largest absolute Gasteiger partial charge is 0.410 e. The molecule has 5 nitrogen and oxygen atoms in total. The number of rotatable bonds is 2. The van der Waals surface area contributed by atoms with E-state index < -0.39 is 18.3 Å². The summed E-state index contributed by atoms with van der Waals surface area (Å²) in [7, 11) is 0. The lowest BCUT2D eigenvalue weighted by atomic mass is 9.97. The van der Waals surface area contributed by atoms with Crippen molar-refractivity contribution in [2.24, 2.45) is 0 Å². The highest BCUT2D eigenvalue weighted by Gasteiger charge is 2.47. The zero-order chi connectivity index (χ0) is 20.1. The topological polar surface area (TPSA) is 50.2 Å². The van der Waals surface area contributed by atoms with E-state index in [1.54, 1.807) is 23.1 Å². The number of carbonyl (C=O) groups is 1. The van der Waals surface area contributed by atoms with Crippen LogP contribution in [0.3, 0.4) is 0 Å². The van der Waals surface area contributed by atoms with Crippen LogP contribution in [-0.2, 0) is 0 Å². The SMILES string of the molecule is O=C(c1cc2n(n1)C(C(F)(F)F)CC(c1ccc(Cl)c(Cl)c1)N2)N1CCCC1. The predicted octanol–water partition coefficient (Wildman–Crippen LogP) is 5.09. The zero-order valence-corrected chi connectivity index (χ0v) is 16.2. The Morgan fingerprint density at radius 1 is 1.14 bits per heavy atom. The van der Waals surface area contributed by atoms with Crippen molar-refractivity contribution in [1.29, 1.82) is 0 Å². The second kappa shape index (κ2) is 7.15. The molecule has 1 saturated heterocycles. The van der Waals surface area contributed by atoms with Crippen LogP contribution in [0.1, 0.15) is 47.4 Å². The average molecular weight is 433 g/mol. The summed E-state index contributed by atoms with van der Waals surface area (Å²) in [5.74, 6) is -0.180. The molecule has 0 spiro atoms. The Hall–Kier alpha value is -1.93. The van der Waals surface area contributed by atoms with Gasteiger partial charge in [0.1, 0.15) is 5.82 Å². The Morgan fingerprint density at radius 3 is 2.50 bits per heavy atom. The van der Waals surface area contributed by atoms with Gasteiger partial charge in [-0.2, -0.15) is 18.3 Å². The third-order valence-corrected chi connectivity index (χ3v) is 5.89. The quantitative estimate of drug-likeness (QED) is 0.718. The van der Waals surface area contributed by atoms with Crippen molar-refractivity contribution in [3.63, 3.8) is 0 Å². The van der Waals surface area contributed by atoms with Gasteiger partial charge in [-0.25, -0.2) is 4.68 Å². The van der Waals surface area contributed by atoms with Crippen molar-refractivity contribution in [3.05, 3.63) is 45.6 Å². The highest BCUT2D eigenvalue weighted by atomic mass is 35.5. The van der Waals surface area contributed by atoms with E-state index in [1.807, 2.05) is 0 Å². The second-order valence-electron chi connectivity index (χ2n) is 7.02. The maximum absolute atomic E-state index is 13.7. The van der Waals surface area contributed by atoms with E-state index in [9.17, 15) is 18.0 Å². The van der Waals surface area contributed by atoms with Gasteiger partial charge in [0, 0.05) is 25.6 Å². The summed E-state index contributed by atoms with van der Waals surface area (Å²) in [6.07, 6.45) is -3.00. The third kappa shape index (κ3) is 3.55. The highest BCUT2D eigenvalue weighted by Crippen LogP contribution is 2.44. The summed E-state index contributed by atoms with van der Waals surface area (Å²) >= 11 is 11.9. The number of carbonyl (C=O) groups excluding carboxylic acids is 1. The van der Waals surface area contributed by atoms with E-state index in [2.05, 4.69) is 10.4 Å². The van der Waals surface area contributed by atoms with Gasteiger partial charge >= 0.3 is 6.18 Å². The number of likely N-dealkylation sites (tertiary alicyclic amines) is 1. The molecule has 2 aromatic rings. The Kier molecular flexibility index (Phi) is 4.95. The molecule has 0 aliphatic carbocycles. The molecule has 2 aliphatic rings. The molecule has 4 rings (SSSR count). The first-order chi connectivity index (χ1) is 13.2. The fraction of sp³-hybridized carbons (Fsp3) is 0.444. The van der Waals surface area contributed by atoms with Gasteiger partial charge in [-0.05, 0) is 30.5 Å². The number of amides is 1. The van der Waals surface area contributed by atoms with Crippen molar-refractivity contribution in [2.45, 2.75) is 37.5 Å². The number of nitrogens with zero attached hydrogens (tertiary/aromatic N) is 3. The van der Waals surface area contributed by atoms with Gasteiger partial charge < -0.3 is 10.2 Å². The van der Waals surface area contributed by atoms with Gasteiger partial charge in [-0.15, -0.1) is 0 Å². The number of benzene rings is 1. The number of aromatic nitrogens is 2. The summed E-state index contributed by atoms with van der Waals surface area (Å²) in [6.45, 7) is 1.20. The van der Waals surface area contributed by atoms with Crippen LogP contribution in [0.25, 0.3) is 0 Å². The molecule has 1 aromatic heterocycles. The molecular formula is C18H17Cl2F3N4O. The van der Waals surface area contributed by atoms with Crippen LogP contribution >= 0.6 is 23.2 Å². The Labute approximate surface area is 169 Å². The van der Waals surface area contributed by atoms with Crippen molar-refractivity contribution < 1.29 is 18.0 Å². The number of fused-ring (bicyclic) bond motifs is 1. The summed E-state index contributed by atoms with van der Waals surface area (Å²) in [4.78, 5) is 14.2. The molecule has 3 heterocycles. The predicted molar refractivity (Wildman–Crippen MR) is 99.9 cm³/mol. The van der Waals surface area contributed by atoms with Gasteiger partial charge in [-0.1, -0.05) is 29.3 Å². The fourth-order valence-corrected chi connectivity index (χ4v) is 4.01. The highest BCUT2D eigenvalue weighted by molar-refractivity contribution is 6.42. The van der Waals surface area contributed by atoms with E-state index >= 15 is 0 Å². The van der Waals surface area contributed by atoms with Crippen molar-refractivity contribution >= 4 is 34.9 Å². The van der Waals surface area contributed by atoms with Crippen LogP contribution in [0.2, 0.25) is 10.0 Å². The molecule has 0 radical (unpaired) electrons. The molecule has 1 aromatic carbocycles. The number of nitrogens with one attached hydrogen (secondary N) is 1. The molecule has 2 aliphatic heterocycles. The van der Waals surface area contributed by atoms with Gasteiger partial charge in [0.05, 0.1) is 16.1 Å². The maximum Gasteiger partial charge on any atom is 0.410 e. The normalized spacial score (nSPS) is 22.1. The van der Waals surface area contributed by atoms with Crippen LogP contribution in [0.4, 0.5) is 19.0 Å². The average Bonchev–Trinajstić information content (AvgIpc) is 3.31. The lowest BCUT2D eigenvalue weighted by Gasteiger charge is -2.33. The minimum atomic E-state index is -4.51. The van der Waals surface area contributed by atoms with E-state index in [1.165, 1.54) is 6.07 Å². The first-order valence-corrected chi connectivity index (χ1v) is 9.66. The standard InChI is InChI=1S/C18H17Cl2F3N4O/c19-11-4-3-10(7-12(11)20)13-8-15(18(21,22)23)27-16(24-13)9-14(25-27)17(28)26-5-1-2-6-26/h3-4,7,9,13,15,24H,1-2,5-6,8H2. The van der Waals surface area contributed by atoms with Crippen LogP contribution in [0.15, 0.2) is 24.3 Å². The van der Waals surface area contributed by atoms with Crippen molar-refractivity contribution in [2.75, 3.05) is 18.4 Å². The smallest absolute Gasteiger partial charge is 0.363 e. The van der Waals surface area contributed by atoms with E-state index in [4.69, 9.17) is 23.2 Å². The molecule has 1 N–H and O–H groups in total. The molecular weight excluding hydrogens is 416 g/mol. The molecule has 2 atom stereocenters. The number of hydrogen-bond acceptors (Lipinski definition) is 3. The van der Waals surface area contributed by atoms with Gasteiger partial charge in [0.25, 0.3) is 5.91 Å². The van der Waals surface area contributed by atoms with Crippen LogP contribution in [0, 0.1) is 0 Å². The molecule has 150 valence electrons. The summed E-state index contributed by atoms with van der Waals surface area (Å²) in [6, 6.07) is 3.66. The number of halogens is 5. The molecule has 28 heavy (non-hydrogen) atoms. The van der Waals surface area contributed by atoms with Crippen molar-refractivity contribution in [3.8, 4) is 0 Å². The van der Waals surface area contributed by atoms with E-state index in [0.29, 0.717) is 23.7 Å². The summed E-state index contributed by atoms with van der Waals surface area (Å²) in [5, 5.41) is 7.66. The summed E-state index contributed by atoms with van der Waals surface area (Å²) in [5.41, 5.74) is 0.608. The van der Waals surface area contributed by atoms with E-state index in [-0.39, 0.29) is 28.9 Å². The van der Waals surface area contributed by atoms with Gasteiger partial charge in [0.2, 0.25) is 0 Å². The number of anilines is 1. The fourth-order valence-electron chi connectivity index (χ4n) is 3.71. The third-order valence-electron chi connectivity index (χ3n) is 5.15. The lowest BCUT2D eigenvalue weighted by molar-refractivity contribution is -0.173. The summed E-state index contributed by atoms with van der Waals surface area (Å²) < 4.78 is 42.1. The van der Waals surface area contributed by atoms with Crippen LogP contribution in [-0.4, -0.2) is 39.9 Å². The lowest BCUT2D eigenvalue weighted by Crippen LogP contribution is -2.36. The number of hydrogen-bond donors (Lipinski definition) is 1. The first-order valence-electron chi connectivity index (χ1n) is 8.91. The molecule has 0 saturated carbocycles. The van der Waals surface area contributed by atoms with Gasteiger partial charge in [-0.3, -0.25) is 4.79 Å². The van der Waals surface area contributed by atoms with Gasteiger partial charge in [0.15, 0.2) is 11.7 Å². The minimum Gasteiger partial charge on any atom is -0.363 e. The molecule has 2 unspecified atom stereocenters. The molecule has 1 amide bonds. The zero-order valence-electron chi connectivity index (χ0n) is 14.6. The Morgan fingerprint density at radius 2 is 1.86 bits per heavy atom. The Bertz CT molecular complexity index is 909. The van der Waals surface area contributed by atoms with Crippen molar-refractivity contribution in [1.82, 2.24) is 14.7 Å². The first kappa shape index (κ1) is 19.4. The van der Waals surface area contributed by atoms with Crippen LogP contribution in [0.5, 0.6) is 0 Å².